The van der Waals surface area contributed by atoms with E-state index in [-0.39, 0.29) is 12.5 Å². The number of allylic oxidation sites excluding steroid dienone is 1. The fourth-order valence-corrected chi connectivity index (χ4v) is 2.31. The van der Waals surface area contributed by atoms with Crippen molar-refractivity contribution in [1.29, 1.82) is 0 Å². The zero-order chi connectivity index (χ0) is 16.1. The van der Waals surface area contributed by atoms with Gasteiger partial charge in [-0.3, -0.25) is 10.1 Å². The number of fused-ring (bicyclic) bond motifs is 1. The monoisotopic (exact) mass is 307 g/mol. The van der Waals surface area contributed by atoms with Crippen molar-refractivity contribution in [3.8, 4) is 5.75 Å². The predicted octanol–water partition coefficient (Wildman–Crippen LogP) is 3.24. The first-order chi connectivity index (χ1) is 11.3. The van der Waals surface area contributed by atoms with E-state index in [1.54, 1.807) is 18.2 Å². The number of aromatic nitrogens is 2. The highest BCUT2D eigenvalue weighted by Gasteiger charge is 2.12. The van der Waals surface area contributed by atoms with Crippen molar-refractivity contribution in [3.05, 3.63) is 67.3 Å². The van der Waals surface area contributed by atoms with Crippen molar-refractivity contribution < 1.29 is 9.53 Å². The van der Waals surface area contributed by atoms with Gasteiger partial charge in [-0.25, -0.2) is 4.98 Å². The van der Waals surface area contributed by atoms with Crippen molar-refractivity contribution in [3.63, 3.8) is 0 Å². The van der Waals surface area contributed by atoms with Crippen LogP contribution in [-0.2, 0) is 11.3 Å². The molecule has 1 N–H and O–H groups in total. The molecule has 0 fully saturated rings. The summed E-state index contributed by atoms with van der Waals surface area (Å²) < 4.78 is 7.35. The van der Waals surface area contributed by atoms with E-state index in [1.807, 2.05) is 47.0 Å². The summed E-state index contributed by atoms with van der Waals surface area (Å²) in [6.45, 7) is 4.25. The lowest BCUT2D eigenvalue weighted by atomic mass is 10.3. The van der Waals surface area contributed by atoms with Gasteiger partial charge < -0.3 is 9.30 Å². The topological polar surface area (TPSA) is 56.2 Å². The lowest BCUT2D eigenvalue weighted by molar-refractivity contribution is -0.118. The molecule has 0 unspecified atom stereocenters. The molecule has 0 bridgehead atoms. The summed E-state index contributed by atoms with van der Waals surface area (Å²) in [5.41, 5.74) is 1.78. The van der Waals surface area contributed by atoms with Gasteiger partial charge in [-0.05, 0) is 24.3 Å². The van der Waals surface area contributed by atoms with Gasteiger partial charge in [-0.1, -0.05) is 36.4 Å². The number of hydrogen-bond donors (Lipinski definition) is 1. The molecular formula is C18H17N3O2. The van der Waals surface area contributed by atoms with E-state index >= 15 is 0 Å². The van der Waals surface area contributed by atoms with Crippen molar-refractivity contribution in [2.24, 2.45) is 0 Å². The van der Waals surface area contributed by atoms with Crippen LogP contribution in [0.5, 0.6) is 5.75 Å². The molecule has 0 saturated heterocycles. The standard InChI is InChI=1S/C18H17N3O2/c1-2-12-21-16-11-7-6-10-15(16)19-18(21)20-17(22)13-23-14-8-4-3-5-9-14/h2-11H,1,12-13H2,(H,19,20,22). The van der Waals surface area contributed by atoms with Crippen molar-refractivity contribution in [2.75, 3.05) is 11.9 Å². The number of imidazole rings is 1. The normalized spacial score (nSPS) is 10.4. The van der Waals surface area contributed by atoms with Gasteiger partial charge in [-0.15, -0.1) is 6.58 Å². The van der Waals surface area contributed by atoms with Crippen LogP contribution < -0.4 is 10.1 Å². The Labute approximate surface area is 134 Å². The number of nitrogens with one attached hydrogen (secondary N) is 1. The van der Waals surface area contributed by atoms with Crippen molar-refractivity contribution in [2.45, 2.75) is 6.54 Å². The molecule has 0 spiro atoms. The Morgan fingerprint density at radius 3 is 2.70 bits per heavy atom. The third-order valence-corrected chi connectivity index (χ3v) is 3.33. The number of hydrogen-bond acceptors (Lipinski definition) is 3. The number of amides is 1. The van der Waals surface area contributed by atoms with Crippen LogP contribution in [0.4, 0.5) is 5.95 Å². The van der Waals surface area contributed by atoms with E-state index in [1.165, 1.54) is 0 Å². The van der Waals surface area contributed by atoms with E-state index in [9.17, 15) is 4.79 Å². The fraction of sp³-hybridized carbons (Fsp3) is 0.111. The maximum Gasteiger partial charge on any atom is 0.264 e. The highest BCUT2D eigenvalue weighted by atomic mass is 16.5. The largest absolute Gasteiger partial charge is 0.484 e. The molecule has 0 aliphatic rings. The molecule has 2 aromatic carbocycles. The molecule has 1 heterocycles. The Morgan fingerprint density at radius 2 is 1.91 bits per heavy atom. The number of carbonyl (C=O) groups is 1. The van der Waals surface area contributed by atoms with Crippen LogP contribution in [0.25, 0.3) is 11.0 Å². The summed E-state index contributed by atoms with van der Waals surface area (Å²) in [6.07, 6.45) is 1.77. The van der Waals surface area contributed by atoms with Crippen LogP contribution in [0.1, 0.15) is 0 Å². The third kappa shape index (κ3) is 3.40. The number of carbonyl (C=O) groups excluding carboxylic acids is 1. The van der Waals surface area contributed by atoms with E-state index < -0.39 is 0 Å². The van der Waals surface area contributed by atoms with Gasteiger partial charge in [0.25, 0.3) is 5.91 Å². The second-order valence-electron chi connectivity index (χ2n) is 4.97. The van der Waals surface area contributed by atoms with Crippen LogP contribution in [0, 0.1) is 0 Å². The van der Waals surface area contributed by atoms with Crippen LogP contribution in [0.2, 0.25) is 0 Å². The molecule has 0 aliphatic carbocycles. The maximum atomic E-state index is 12.1. The zero-order valence-electron chi connectivity index (χ0n) is 12.6. The molecule has 5 heteroatoms. The summed E-state index contributed by atoms with van der Waals surface area (Å²) in [4.78, 5) is 16.6. The fourth-order valence-electron chi connectivity index (χ4n) is 2.31. The molecule has 0 atom stereocenters. The molecule has 3 aromatic rings. The molecule has 23 heavy (non-hydrogen) atoms. The van der Waals surface area contributed by atoms with Gasteiger partial charge in [0.05, 0.1) is 11.0 Å². The maximum absolute atomic E-state index is 12.1. The van der Waals surface area contributed by atoms with Crippen molar-refractivity contribution >= 4 is 22.9 Å². The molecule has 0 aliphatic heterocycles. The van der Waals surface area contributed by atoms with Crippen LogP contribution >= 0.6 is 0 Å². The Hall–Kier alpha value is -3.08. The minimum absolute atomic E-state index is 0.0681. The van der Waals surface area contributed by atoms with Crippen LogP contribution in [0.3, 0.4) is 0 Å². The van der Waals surface area contributed by atoms with Crippen LogP contribution in [-0.4, -0.2) is 22.1 Å². The van der Waals surface area contributed by atoms with E-state index in [0.717, 1.165) is 11.0 Å². The molecule has 5 nitrogen and oxygen atoms in total. The number of ether oxygens (including phenoxy) is 1. The minimum Gasteiger partial charge on any atom is -0.484 e. The Morgan fingerprint density at radius 1 is 1.17 bits per heavy atom. The molecule has 0 saturated carbocycles. The number of benzene rings is 2. The van der Waals surface area contributed by atoms with E-state index in [0.29, 0.717) is 18.2 Å². The zero-order valence-corrected chi connectivity index (χ0v) is 12.6. The molecule has 3 rings (SSSR count). The first-order valence-electron chi connectivity index (χ1n) is 7.32. The molecule has 116 valence electrons. The van der Waals surface area contributed by atoms with Gasteiger partial charge in [-0.2, -0.15) is 0 Å². The lowest BCUT2D eigenvalue weighted by Crippen LogP contribution is -2.22. The van der Waals surface area contributed by atoms with E-state index in [2.05, 4.69) is 16.9 Å². The predicted molar refractivity (Wildman–Crippen MR) is 90.5 cm³/mol. The Bertz CT molecular complexity index is 825. The molecular weight excluding hydrogens is 290 g/mol. The second-order valence-corrected chi connectivity index (χ2v) is 4.97. The first-order valence-corrected chi connectivity index (χ1v) is 7.32. The second kappa shape index (κ2) is 6.79. The smallest absolute Gasteiger partial charge is 0.264 e. The SMILES string of the molecule is C=CCn1c(NC(=O)COc2ccccc2)nc2ccccc21. The average molecular weight is 307 g/mol. The summed E-state index contributed by atoms with van der Waals surface area (Å²) in [7, 11) is 0. The van der Waals surface area contributed by atoms with Crippen LogP contribution in [0.15, 0.2) is 67.3 Å². The highest BCUT2D eigenvalue weighted by Crippen LogP contribution is 2.19. The average Bonchev–Trinajstić information content (AvgIpc) is 2.92. The van der Waals surface area contributed by atoms with Gasteiger partial charge >= 0.3 is 0 Å². The first kappa shape index (κ1) is 14.8. The quantitative estimate of drug-likeness (QED) is 0.711. The Kier molecular flexibility index (Phi) is 4.38. The summed E-state index contributed by atoms with van der Waals surface area (Å²) in [5, 5.41) is 2.80. The number of anilines is 1. The lowest BCUT2D eigenvalue weighted by Gasteiger charge is -2.09. The summed E-state index contributed by atoms with van der Waals surface area (Å²) in [6, 6.07) is 16.9. The minimum atomic E-state index is -0.255. The highest BCUT2D eigenvalue weighted by molar-refractivity contribution is 5.92. The van der Waals surface area contributed by atoms with E-state index in [4.69, 9.17) is 4.74 Å². The van der Waals surface area contributed by atoms with Gasteiger partial charge in [0.15, 0.2) is 6.61 Å². The number of para-hydroxylation sites is 3. The van der Waals surface area contributed by atoms with Gasteiger partial charge in [0, 0.05) is 6.54 Å². The molecule has 1 aromatic heterocycles. The molecule has 0 radical (unpaired) electrons. The third-order valence-electron chi connectivity index (χ3n) is 3.33. The summed E-state index contributed by atoms with van der Waals surface area (Å²) >= 11 is 0. The number of rotatable bonds is 6. The number of nitrogens with zero attached hydrogens (tertiary/aromatic N) is 2. The molecule has 1 amide bonds. The van der Waals surface area contributed by atoms with Gasteiger partial charge in [0.2, 0.25) is 5.95 Å². The Balaban J connectivity index is 1.74. The summed E-state index contributed by atoms with van der Waals surface area (Å²) in [5.74, 6) is 0.893. The van der Waals surface area contributed by atoms with Gasteiger partial charge in [0.1, 0.15) is 5.75 Å². The van der Waals surface area contributed by atoms with Crippen molar-refractivity contribution in [1.82, 2.24) is 9.55 Å².